The third kappa shape index (κ3) is 5.77. The molecular formula is C49H38. The van der Waals surface area contributed by atoms with Crippen LogP contribution >= 0.6 is 0 Å². The fourth-order valence-corrected chi connectivity index (χ4v) is 7.37. The summed E-state index contributed by atoms with van der Waals surface area (Å²) in [5, 5.41) is 7.61. The standard InChI is InChI=1S/C49H38/c1-33-13-4-5-15-34(2)42(22-12-14-33)37-24-26-38(27-25-37)48-44-18-8-10-20-46(44)49(47-21-11-9-19-45(47)48)41-29-30-43(35(3)31-41)40-28-23-36-16-6-7-17-39(36)32-40/h4-32H,1-3H3. The van der Waals surface area contributed by atoms with Crippen LogP contribution in [0.25, 0.3) is 76.8 Å². The number of fused-ring (bicyclic) bond motifs is 3. The van der Waals surface area contributed by atoms with Crippen LogP contribution in [0, 0.1) is 20.8 Å². The van der Waals surface area contributed by atoms with Crippen molar-refractivity contribution in [2.75, 3.05) is 0 Å². The summed E-state index contributed by atoms with van der Waals surface area (Å²) >= 11 is 0. The number of hydrogen-bond donors (Lipinski definition) is 0. The van der Waals surface area contributed by atoms with Crippen molar-refractivity contribution >= 4 is 32.3 Å². The highest BCUT2D eigenvalue weighted by molar-refractivity contribution is 6.21. The molecule has 0 nitrogen and oxygen atoms in total. The Morgan fingerprint density at radius 3 is 1.45 bits per heavy atom. The van der Waals surface area contributed by atoms with Gasteiger partial charge in [-0.25, -0.2) is 0 Å². The van der Waals surface area contributed by atoms with E-state index in [-0.39, 0.29) is 0 Å². The molecule has 0 unspecified atom stereocenters. The number of aryl methyl sites for hydroxylation is 3. The van der Waals surface area contributed by atoms with Gasteiger partial charge in [0.15, 0.2) is 0 Å². The molecule has 0 atom stereocenters. The van der Waals surface area contributed by atoms with Crippen molar-refractivity contribution in [2.45, 2.75) is 20.8 Å². The minimum Gasteiger partial charge on any atom is -0.0620 e. The van der Waals surface area contributed by atoms with Crippen LogP contribution in [0.1, 0.15) is 16.7 Å². The average Bonchev–Trinajstić information content (AvgIpc) is 3.14. The first-order valence-corrected chi connectivity index (χ1v) is 17.1. The molecule has 8 aromatic rings. The van der Waals surface area contributed by atoms with Gasteiger partial charge in [0.1, 0.15) is 0 Å². The lowest BCUT2D eigenvalue weighted by atomic mass is 9.85. The number of hydrogen-bond acceptors (Lipinski definition) is 0. The second-order valence-corrected chi connectivity index (χ2v) is 13.1. The molecule has 0 heterocycles. The van der Waals surface area contributed by atoms with Crippen molar-refractivity contribution in [1.82, 2.24) is 0 Å². The van der Waals surface area contributed by atoms with Gasteiger partial charge in [-0.1, -0.05) is 175 Å². The first-order valence-electron chi connectivity index (χ1n) is 17.1. The second kappa shape index (κ2) is 12.9. The molecule has 0 amide bonds. The molecule has 0 aliphatic heterocycles. The Kier molecular flexibility index (Phi) is 8.00. The predicted octanol–water partition coefficient (Wildman–Crippen LogP) is 13.9. The molecule has 49 heavy (non-hydrogen) atoms. The van der Waals surface area contributed by atoms with Gasteiger partial charge in [0.2, 0.25) is 0 Å². The van der Waals surface area contributed by atoms with E-state index in [2.05, 4.69) is 197 Å². The molecule has 234 valence electrons. The predicted molar refractivity (Wildman–Crippen MR) is 213 cm³/mol. The summed E-state index contributed by atoms with van der Waals surface area (Å²) in [5.41, 5.74) is 13.7. The van der Waals surface area contributed by atoms with Crippen LogP contribution in [-0.2, 0) is 0 Å². The fourth-order valence-electron chi connectivity index (χ4n) is 7.37. The summed E-state index contributed by atoms with van der Waals surface area (Å²) in [6, 6.07) is 64.4. The third-order valence-electron chi connectivity index (χ3n) is 9.85. The van der Waals surface area contributed by atoms with Crippen molar-refractivity contribution < 1.29 is 0 Å². The van der Waals surface area contributed by atoms with E-state index >= 15 is 0 Å². The van der Waals surface area contributed by atoms with Gasteiger partial charge in [-0.2, -0.15) is 0 Å². The Labute approximate surface area is 289 Å². The van der Waals surface area contributed by atoms with Crippen LogP contribution in [0.5, 0.6) is 0 Å². The largest absolute Gasteiger partial charge is 0.0620 e. The van der Waals surface area contributed by atoms with Crippen molar-refractivity contribution in [1.29, 1.82) is 0 Å². The van der Waals surface area contributed by atoms with E-state index in [0.717, 1.165) is 0 Å². The molecule has 0 N–H and O–H groups in total. The maximum Gasteiger partial charge on any atom is -0.00263 e. The van der Waals surface area contributed by atoms with E-state index in [9.17, 15) is 0 Å². The highest BCUT2D eigenvalue weighted by atomic mass is 14.2. The second-order valence-electron chi connectivity index (χ2n) is 13.1. The smallest absolute Gasteiger partial charge is 0.00263 e. The average molecular weight is 627 g/mol. The lowest BCUT2D eigenvalue weighted by molar-refractivity contribution is 1.45. The lowest BCUT2D eigenvalue weighted by Gasteiger charge is -2.19. The van der Waals surface area contributed by atoms with Crippen LogP contribution in [0.3, 0.4) is 0 Å². The highest BCUT2D eigenvalue weighted by Gasteiger charge is 2.17. The molecule has 0 saturated heterocycles. The van der Waals surface area contributed by atoms with Gasteiger partial charge in [0, 0.05) is 0 Å². The van der Waals surface area contributed by atoms with Gasteiger partial charge >= 0.3 is 0 Å². The summed E-state index contributed by atoms with van der Waals surface area (Å²) in [6.45, 7) is 6.56. The summed E-state index contributed by atoms with van der Waals surface area (Å²) in [5.74, 6) is 0. The number of rotatable bonds is 4. The van der Waals surface area contributed by atoms with E-state index in [4.69, 9.17) is 0 Å². The Hall–Kier alpha value is -5.98. The Morgan fingerprint density at radius 2 is 0.776 bits per heavy atom. The van der Waals surface area contributed by atoms with E-state index in [0.29, 0.717) is 0 Å². The molecule has 8 rings (SSSR count). The topological polar surface area (TPSA) is 0 Å². The van der Waals surface area contributed by atoms with E-state index in [1.807, 2.05) is 0 Å². The summed E-state index contributed by atoms with van der Waals surface area (Å²) in [7, 11) is 0. The lowest BCUT2D eigenvalue weighted by Crippen LogP contribution is -1.92. The van der Waals surface area contributed by atoms with Crippen molar-refractivity contribution in [3.05, 3.63) is 193 Å². The van der Waals surface area contributed by atoms with Crippen LogP contribution in [-0.4, -0.2) is 0 Å². The minimum atomic E-state index is 1.21. The van der Waals surface area contributed by atoms with Crippen LogP contribution < -0.4 is 0 Å². The van der Waals surface area contributed by atoms with Crippen molar-refractivity contribution in [3.8, 4) is 44.5 Å². The maximum absolute atomic E-state index is 2.37. The summed E-state index contributed by atoms with van der Waals surface area (Å²) < 4.78 is 0. The molecule has 0 bridgehead atoms. The first-order chi connectivity index (χ1) is 24.0. The summed E-state index contributed by atoms with van der Waals surface area (Å²) in [4.78, 5) is 0. The quantitative estimate of drug-likeness (QED) is 0.171. The molecule has 0 fully saturated rings. The van der Waals surface area contributed by atoms with Crippen molar-refractivity contribution in [2.24, 2.45) is 0 Å². The zero-order valence-electron chi connectivity index (χ0n) is 28.2. The summed E-state index contributed by atoms with van der Waals surface area (Å²) in [6.07, 6.45) is 0. The Bertz CT molecular complexity index is 2510. The maximum atomic E-state index is 2.37. The Morgan fingerprint density at radius 1 is 0.286 bits per heavy atom. The van der Waals surface area contributed by atoms with Crippen LogP contribution in [0.15, 0.2) is 176 Å². The highest BCUT2D eigenvalue weighted by Crippen LogP contribution is 2.44. The van der Waals surface area contributed by atoms with Gasteiger partial charge in [-0.3, -0.25) is 0 Å². The molecular weight excluding hydrogens is 589 g/mol. The molecule has 0 aromatic heterocycles. The molecule has 0 radical (unpaired) electrons. The minimum absolute atomic E-state index is 1.21. The van der Waals surface area contributed by atoms with E-state index < -0.39 is 0 Å². The van der Waals surface area contributed by atoms with E-state index in [1.54, 1.807) is 0 Å². The van der Waals surface area contributed by atoms with Gasteiger partial charge in [-0.05, 0) is 115 Å². The van der Waals surface area contributed by atoms with Crippen molar-refractivity contribution in [3.63, 3.8) is 0 Å². The van der Waals surface area contributed by atoms with Gasteiger partial charge in [-0.15, -0.1) is 0 Å². The molecule has 8 aromatic carbocycles. The zero-order chi connectivity index (χ0) is 33.3. The molecule has 0 heteroatoms. The molecule has 0 spiro atoms. The fraction of sp³-hybridized carbons (Fsp3) is 0.0612. The zero-order valence-corrected chi connectivity index (χ0v) is 28.2. The first kappa shape index (κ1) is 30.4. The molecule has 0 aliphatic rings. The van der Waals surface area contributed by atoms with Crippen LogP contribution in [0.2, 0.25) is 0 Å². The van der Waals surface area contributed by atoms with Gasteiger partial charge in [0.25, 0.3) is 0 Å². The third-order valence-corrected chi connectivity index (χ3v) is 9.85. The van der Waals surface area contributed by atoms with Gasteiger partial charge < -0.3 is 0 Å². The molecule has 0 aliphatic carbocycles. The monoisotopic (exact) mass is 626 g/mol. The van der Waals surface area contributed by atoms with E-state index in [1.165, 1.54) is 93.5 Å². The number of benzene rings is 7. The SMILES string of the molecule is Cc1ccccc(C)c(-c2ccc(-c3c4ccccc4c(-c4ccc(-c5ccc6ccccc6c5)c(C)c4)c4ccccc34)cc2)ccc1. The normalized spacial score (nSPS) is 11.2. The van der Waals surface area contributed by atoms with Gasteiger partial charge in [0.05, 0.1) is 0 Å². The Balaban J connectivity index is 1.27. The van der Waals surface area contributed by atoms with Crippen LogP contribution in [0.4, 0.5) is 0 Å². The molecule has 0 saturated carbocycles.